The third-order valence-electron chi connectivity index (χ3n) is 6.97. The van der Waals surface area contributed by atoms with Crippen LogP contribution in [0.4, 0.5) is 5.69 Å². The molecule has 0 saturated heterocycles. The Morgan fingerprint density at radius 3 is 2.02 bits per heavy atom. The fourth-order valence-electron chi connectivity index (χ4n) is 4.36. The molecule has 0 saturated carbocycles. The molecule has 0 aromatic heterocycles. The van der Waals surface area contributed by atoms with Gasteiger partial charge in [0.15, 0.2) is 0 Å². The van der Waals surface area contributed by atoms with Gasteiger partial charge in [-0.3, -0.25) is 13.9 Å². The standard InChI is InChI=1S/C31H37Cl2N3O4S/c1-5-22(3)34-31(38)29(19-24-11-8-7-9-12-24)35(20-26-27(32)13-10-14-28(26)33)30(37)21-36(41(4,39)40)25-17-15-23(6-2)16-18-25/h7-18,22,29H,5-6,19-21H2,1-4H3,(H,34,38)/t22-,29-/m0/s1. The van der Waals surface area contributed by atoms with Gasteiger partial charge in [0.2, 0.25) is 21.8 Å². The zero-order valence-corrected chi connectivity index (χ0v) is 26.1. The number of sulfonamides is 1. The number of anilines is 1. The van der Waals surface area contributed by atoms with Crippen molar-refractivity contribution in [1.82, 2.24) is 10.2 Å². The number of aryl methyl sites for hydroxylation is 1. The van der Waals surface area contributed by atoms with E-state index in [0.717, 1.165) is 28.1 Å². The van der Waals surface area contributed by atoms with Crippen LogP contribution in [-0.4, -0.2) is 50.0 Å². The lowest BCUT2D eigenvalue weighted by molar-refractivity contribution is -0.140. The summed E-state index contributed by atoms with van der Waals surface area (Å²) < 4.78 is 26.9. The van der Waals surface area contributed by atoms with Crippen molar-refractivity contribution in [3.8, 4) is 0 Å². The summed E-state index contributed by atoms with van der Waals surface area (Å²) in [6.07, 6.45) is 2.75. The van der Waals surface area contributed by atoms with Crippen molar-refractivity contribution in [3.05, 3.63) is 99.5 Å². The second kappa shape index (κ2) is 14.7. The van der Waals surface area contributed by atoms with Crippen LogP contribution in [0.5, 0.6) is 0 Å². The Bertz CT molecular complexity index is 1410. The topological polar surface area (TPSA) is 86.8 Å². The molecule has 1 N–H and O–H groups in total. The van der Waals surface area contributed by atoms with Crippen molar-refractivity contribution in [2.24, 2.45) is 0 Å². The van der Waals surface area contributed by atoms with E-state index in [1.807, 2.05) is 63.2 Å². The van der Waals surface area contributed by atoms with Crippen molar-refractivity contribution in [2.45, 2.75) is 58.7 Å². The van der Waals surface area contributed by atoms with Crippen molar-refractivity contribution in [3.63, 3.8) is 0 Å². The molecule has 0 aliphatic carbocycles. The molecule has 10 heteroatoms. The van der Waals surface area contributed by atoms with Gasteiger partial charge < -0.3 is 10.2 Å². The molecule has 41 heavy (non-hydrogen) atoms. The van der Waals surface area contributed by atoms with E-state index in [1.54, 1.807) is 30.3 Å². The van der Waals surface area contributed by atoms with E-state index in [0.29, 0.717) is 27.7 Å². The van der Waals surface area contributed by atoms with Gasteiger partial charge in [-0.1, -0.05) is 85.6 Å². The summed E-state index contributed by atoms with van der Waals surface area (Å²) in [7, 11) is -3.85. The molecule has 0 radical (unpaired) electrons. The lowest BCUT2D eigenvalue weighted by Gasteiger charge is -2.34. The molecule has 3 aromatic carbocycles. The minimum atomic E-state index is -3.85. The third-order valence-corrected chi connectivity index (χ3v) is 8.82. The first-order chi connectivity index (χ1) is 19.4. The van der Waals surface area contributed by atoms with Crippen molar-refractivity contribution in [1.29, 1.82) is 0 Å². The molecular formula is C31H37Cl2N3O4S. The number of carbonyl (C=O) groups excluding carboxylic acids is 2. The Morgan fingerprint density at radius 2 is 1.49 bits per heavy atom. The highest BCUT2D eigenvalue weighted by Crippen LogP contribution is 2.28. The monoisotopic (exact) mass is 617 g/mol. The minimum Gasteiger partial charge on any atom is -0.352 e. The molecule has 7 nitrogen and oxygen atoms in total. The lowest BCUT2D eigenvalue weighted by atomic mass is 10.0. The van der Waals surface area contributed by atoms with Gasteiger partial charge in [-0.25, -0.2) is 8.42 Å². The molecule has 0 unspecified atom stereocenters. The van der Waals surface area contributed by atoms with E-state index in [1.165, 1.54) is 4.90 Å². The molecule has 0 bridgehead atoms. The molecule has 3 aromatic rings. The van der Waals surface area contributed by atoms with Crippen LogP contribution in [0.1, 0.15) is 43.9 Å². The number of amides is 2. The zero-order chi connectivity index (χ0) is 30.2. The first-order valence-electron chi connectivity index (χ1n) is 13.6. The molecule has 2 amide bonds. The normalized spacial score (nSPS) is 12.8. The number of nitrogens with zero attached hydrogens (tertiary/aromatic N) is 2. The smallest absolute Gasteiger partial charge is 0.244 e. The SMILES string of the molecule is CCc1ccc(N(CC(=O)N(Cc2c(Cl)cccc2Cl)[C@@H](Cc2ccccc2)C(=O)N[C@@H](C)CC)S(C)(=O)=O)cc1. The number of hydrogen-bond acceptors (Lipinski definition) is 4. The molecule has 0 fully saturated rings. The van der Waals surface area contributed by atoms with Crippen LogP contribution in [0.15, 0.2) is 72.8 Å². The maximum atomic E-state index is 14.2. The Kier molecular flexibility index (Phi) is 11.6. The second-order valence-electron chi connectivity index (χ2n) is 10.0. The Morgan fingerprint density at radius 1 is 0.878 bits per heavy atom. The molecule has 0 aliphatic heterocycles. The summed E-state index contributed by atoms with van der Waals surface area (Å²) in [5.74, 6) is -0.913. The van der Waals surface area contributed by atoms with Gasteiger partial charge in [0, 0.05) is 34.6 Å². The Labute approximate surface area is 253 Å². The molecule has 0 heterocycles. The summed E-state index contributed by atoms with van der Waals surface area (Å²) in [6, 6.07) is 20.3. The highest BCUT2D eigenvalue weighted by molar-refractivity contribution is 7.92. The summed E-state index contributed by atoms with van der Waals surface area (Å²) in [6.45, 7) is 5.25. The summed E-state index contributed by atoms with van der Waals surface area (Å²) in [4.78, 5) is 29.3. The quantitative estimate of drug-likeness (QED) is 0.260. The summed E-state index contributed by atoms with van der Waals surface area (Å²) in [5.41, 5.74) is 2.71. The molecule has 2 atom stereocenters. The van der Waals surface area contributed by atoms with Gasteiger partial charge in [-0.05, 0) is 55.2 Å². The van der Waals surface area contributed by atoms with Gasteiger partial charge in [0.1, 0.15) is 12.6 Å². The van der Waals surface area contributed by atoms with Gasteiger partial charge >= 0.3 is 0 Å². The number of benzene rings is 3. The zero-order valence-electron chi connectivity index (χ0n) is 23.8. The van der Waals surface area contributed by atoms with Crippen LogP contribution >= 0.6 is 23.2 Å². The van der Waals surface area contributed by atoms with Crippen LogP contribution < -0.4 is 9.62 Å². The Hall–Kier alpha value is -3.07. The van der Waals surface area contributed by atoms with Gasteiger partial charge in [0.25, 0.3) is 0 Å². The highest BCUT2D eigenvalue weighted by Gasteiger charge is 2.34. The number of nitrogens with one attached hydrogen (secondary N) is 1. The Balaban J connectivity index is 2.09. The highest BCUT2D eigenvalue weighted by atomic mass is 35.5. The minimum absolute atomic E-state index is 0.0882. The molecule has 0 aliphatic rings. The van der Waals surface area contributed by atoms with E-state index < -0.39 is 28.5 Å². The third kappa shape index (κ3) is 8.96. The van der Waals surface area contributed by atoms with E-state index in [2.05, 4.69) is 5.32 Å². The summed E-state index contributed by atoms with van der Waals surface area (Å²) >= 11 is 13.0. The van der Waals surface area contributed by atoms with E-state index in [4.69, 9.17) is 23.2 Å². The second-order valence-corrected chi connectivity index (χ2v) is 12.8. The molecular weight excluding hydrogens is 581 g/mol. The number of rotatable bonds is 13. The maximum absolute atomic E-state index is 14.2. The average Bonchev–Trinajstić information content (AvgIpc) is 2.94. The van der Waals surface area contributed by atoms with E-state index in [-0.39, 0.29) is 24.9 Å². The van der Waals surface area contributed by atoms with Gasteiger partial charge in [0.05, 0.1) is 11.9 Å². The largest absolute Gasteiger partial charge is 0.352 e. The van der Waals surface area contributed by atoms with Crippen molar-refractivity contribution < 1.29 is 18.0 Å². The van der Waals surface area contributed by atoms with Crippen LogP contribution in [0.2, 0.25) is 10.0 Å². The van der Waals surface area contributed by atoms with E-state index in [9.17, 15) is 18.0 Å². The maximum Gasteiger partial charge on any atom is 0.244 e. The lowest BCUT2D eigenvalue weighted by Crippen LogP contribution is -2.54. The first-order valence-corrected chi connectivity index (χ1v) is 16.2. The summed E-state index contributed by atoms with van der Waals surface area (Å²) in [5, 5.41) is 3.68. The van der Waals surface area contributed by atoms with Crippen molar-refractivity contribution >= 4 is 50.7 Å². The number of carbonyl (C=O) groups is 2. The average molecular weight is 619 g/mol. The molecule has 3 rings (SSSR count). The van der Waals surface area contributed by atoms with Crippen LogP contribution in [0, 0.1) is 0 Å². The number of hydrogen-bond donors (Lipinski definition) is 1. The van der Waals surface area contributed by atoms with Gasteiger partial charge in [-0.15, -0.1) is 0 Å². The van der Waals surface area contributed by atoms with Crippen LogP contribution in [0.3, 0.4) is 0 Å². The van der Waals surface area contributed by atoms with E-state index >= 15 is 0 Å². The van der Waals surface area contributed by atoms with Crippen LogP contribution in [0.25, 0.3) is 0 Å². The fraction of sp³-hybridized carbons (Fsp3) is 0.355. The molecule has 0 spiro atoms. The fourth-order valence-corrected chi connectivity index (χ4v) is 5.73. The molecule has 220 valence electrons. The van der Waals surface area contributed by atoms with Crippen LogP contribution in [-0.2, 0) is 39.0 Å². The number of halogens is 2. The van der Waals surface area contributed by atoms with Crippen molar-refractivity contribution in [2.75, 3.05) is 17.1 Å². The van der Waals surface area contributed by atoms with Gasteiger partial charge in [-0.2, -0.15) is 0 Å². The first kappa shape index (κ1) is 32.4. The predicted octanol–water partition coefficient (Wildman–Crippen LogP) is 5.88. The predicted molar refractivity (Wildman–Crippen MR) is 167 cm³/mol.